The number of nitrogens with one attached hydrogen (secondary N) is 1. The second kappa shape index (κ2) is 7.44. The Labute approximate surface area is 160 Å². The topological polar surface area (TPSA) is 55.9 Å². The summed E-state index contributed by atoms with van der Waals surface area (Å²) in [7, 11) is 0. The van der Waals surface area contributed by atoms with Crippen LogP contribution in [0, 0.1) is 5.92 Å². The number of carbonyl (C=O) groups is 2. The number of carbonyl (C=O) groups excluding carboxylic acids is 2. The van der Waals surface area contributed by atoms with Crippen LogP contribution < -0.4 is 5.32 Å². The zero-order chi connectivity index (χ0) is 18.9. The van der Waals surface area contributed by atoms with Gasteiger partial charge >= 0.3 is 6.03 Å². The summed E-state index contributed by atoms with van der Waals surface area (Å²) in [4.78, 5) is 31.0. The highest BCUT2D eigenvalue weighted by atomic mass is 16.2. The van der Waals surface area contributed by atoms with Gasteiger partial charge in [0, 0.05) is 32.7 Å². The summed E-state index contributed by atoms with van der Waals surface area (Å²) in [5.74, 6) is 0.260. The number of piperazine rings is 1. The standard InChI is InChI=1S/C21H28N4O2/c1-21(18-9-10-18)19(26)25(20(27)22-21)16-24-14-12-23(13-15-24)11-5-8-17-6-3-2-4-7-17/h2-8,18H,9-16H2,1H3,(H,22,27)/b8-5+/t21-/m1/s1. The van der Waals surface area contributed by atoms with Gasteiger partial charge in [-0.2, -0.15) is 0 Å². The molecule has 144 valence electrons. The fourth-order valence-electron chi connectivity index (χ4n) is 4.00. The summed E-state index contributed by atoms with van der Waals surface area (Å²) >= 11 is 0. The smallest absolute Gasteiger partial charge is 0.323 e. The first kappa shape index (κ1) is 18.2. The molecule has 0 radical (unpaired) electrons. The highest BCUT2D eigenvalue weighted by Crippen LogP contribution is 2.42. The number of rotatable bonds is 6. The van der Waals surface area contributed by atoms with Gasteiger partial charge in [-0.1, -0.05) is 42.5 Å². The van der Waals surface area contributed by atoms with Crippen molar-refractivity contribution >= 4 is 18.0 Å². The van der Waals surface area contributed by atoms with Crippen LogP contribution in [-0.4, -0.2) is 71.6 Å². The molecule has 3 fully saturated rings. The molecule has 1 aromatic carbocycles. The Balaban J connectivity index is 1.24. The number of nitrogens with zero attached hydrogens (tertiary/aromatic N) is 3. The van der Waals surface area contributed by atoms with E-state index in [2.05, 4.69) is 39.4 Å². The fourth-order valence-corrected chi connectivity index (χ4v) is 4.00. The van der Waals surface area contributed by atoms with Gasteiger partial charge in [0.1, 0.15) is 5.54 Å². The first-order chi connectivity index (χ1) is 13.1. The van der Waals surface area contributed by atoms with Gasteiger partial charge in [0.15, 0.2) is 0 Å². The summed E-state index contributed by atoms with van der Waals surface area (Å²) in [6, 6.07) is 10.1. The molecule has 1 atom stereocenters. The molecule has 1 saturated carbocycles. The third-order valence-corrected chi connectivity index (χ3v) is 5.97. The molecule has 3 amide bonds. The van der Waals surface area contributed by atoms with Gasteiger partial charge in [0.2, 0.25) is 0 Å². The van der Waals surface area contributed by atoms with Crippen molar-refractivity contribution in [3.63, 3.8) is 0 Å². The number of hydrogen-bond acceptors (Lipinski definition) is 4. The van der Waals surface area contributed by atoms with Gasteiger partial charge in [-0.05, 0) is 31.2 Å². The minimum absolute atomic E-state index is 0.0526. The molecule has 6 heteroatoms. The maximum atomic E-state index is 12.7. The van der Waals surface area contributed by atoms with Gasteiger partial charge in [0.25, 0.3) is 5.91 Å². The maximum Gasteiger partial charge on any atom is 0.326 e. The van der Waals surface area contributed by atoms with Crippen LogP contribution in [0.15, 0.2) is 36.4 Å². The van der Waals surface area contributed by atoms with E-state index < -0.39 is 5.54 Å². The lowest BCUT2D eigenvalue weighted by Gasteiger charge is -2.35. The van der Waals surface area contributed by atoms with E-state index in [1.54, 1.807) is 0 Å². The van der Waals surface area contributed by atoms with Crippen molar-refractivity contribution in [2.75, 3.05) is 39.4 Å². The summed E-state index contributed by atoms with van der Waals surface area (Å²) < 4.78 is 0. The van der Waals surface area contributed by atoms with Crippen LogP contribution in [0.1, 0.15) is 25.3 Å². The van der Waals surface area contributed by atoms with Crippen LogP contribution in [0.4, 0.5) is 4.79 Å². The Kier molecular flexibility index (Phi) is 5.02. The summed E-state index contributed by atoms with van der Waals surface area (Å²) in [5.41, 5.74) is 0.537. The van der Waals surface area contributed by atoms with Gasteiger partial charge in [0.05, 0.1) is 6.67 Å². The minimum atomic E-state index is -0.679. The Hall–Kier alpha value is -2.18. The third kappa shape index (κ3) is 3.92. The fraction of sp³-hybridized carbons (Fsp3) is 0.524. The van der Waals surface area contributed by atoms with E-state index in [1.807, 2.05) is 25.1 Å². The molecule has 0 bridgehead atoms. The van der Waals surface area contributed by atoms with Crippen molar-refractivity contribution in [3.05, 3.63) is 42.0 Å². The second-order valence-electron chi connectivity index (χ2n) is 8.01. The zero-order valence-corrected chi connectivity index (χ0v) is 15.9. The van der Waals surface area contributed by atoms with Crippen molar-refractivity contribution in [2.24, 2.45) is 5.92 Å². The van der Waals surface area contributed by atoms with Gasteiger partial charge < -0.3 is 5.32 Å². The number of imide groups is 1. The molecule has 0 spiro atoms. The van der Waals surface area contributed by atoms with E-state index in [0.717, 1.165) is 45.6 Å². The van der Waals surface area contributed by atoms with Crippen molar-refractivity contribution in [1.82, 2.24) is 20.0 Å². The normalized spacial score (nSPS) is 27.5. The van der Waals surface area contributed by atoms with Crippen molar-refractivity contribution in [2.45, 2.75) is 25.3 Å². The Bertz CT molecular complexity index is 723. The predicted molar refractivity (Wildman–Crippen MR) is 105 cm³/mol. The second-order valence-corrected chi connectivity index (χ2v) is 8.01. The van der Waals surface area contributed by atoms with Crippen LogP contribution in [-0.2, 0) is 4.79 Å². The highest BCUT2D eigenvalue weighted by molar-refractivity contribution is 6.07. The molecule has 4 rings (SSSR count). The molecule has 27 heavy (non-hydrogen) atoms. The van der Waals surface area contributed by atoms with Crippen LogP contribution in [0.2, 0.25) is 0 Å². The van der Waals surface area contributed by atoms with Crippen molar-refractivity contribution in [3.8, 4) is 0 Å². The van der Waals surface area contributed by atoms with E-state index in [-0.39, 0.29) is 11.9 Å². The molecule has 1 aromatic rings. The number of amides is 3. The van der Waals surface area contributed by atoms with E-state index >= 15 is 0 Å². The van der Waals surface area contributed by atoms with Crippen LogP contribution >= 0.6 is 0 Å². The predicted octanol–water partition coefficient (Wildman–Crippen LogP) is 2.00. The molecule has 0 aromatic heterocycles. The summed E-state index contributed by atoms with van der Waals surface area (Å²) in [6.07, 6.45) is 6.42. The molecule has 1 N–H and O–H groups in total. The molecule has 6 nitrogen and oxygen atoms in total. The van der Waals surface area contributed by atoms with Crippen LogP contribution in [0.5, 0.6) is 0 Å². The zero-order valence-electron chi connectivity index (χ0n) is 15.9. The Morgan fingerprint density at radius 2 is 1.74 bits per heavy atom. The average Bonchev–Trinajstić information content (AvgIpc) is 3.50. The summed E-state index contributed by atoms with van der Waals surface area (Å²) in [5, 5.41) is 2.93. The minimum Gasteiger partial charge on any atom is -0.323 e. The van der Waals surface area contributed by atoms with Gasteiger partial charge in [-0.25, -0.2) is 9.69 Å². The first-order valence-electron chi connectivity index (χ1n) is 9.87. The lowest BCUT2D eigenvalue weighted by atomic mass is 9.96. The third-order valence-electron chi connectivity index (χ3n) is 5.97. The quantitative estimate of drug-likeness (QED) is 0.781. The molecular formula is C21H28N4O2. The number of urea groups is 1. The van der Waals surface area contributed by atoms with Crippen LogP contribution in [0.3, 0.4) is 0 Å². The summed E-state index contributed by atoms with van der Waals surface area (Å²) in [6.45, 7) is 6.84. The van der Waals surface area contributed by atoms with E-state index in [1.165, 1.54) is 10.5 Å². The number of benzene rings is 1. The SMILES string of the molecule is C[C@]1(C2CC2)NC(=O)N(CN2CCN(C/C=C/c3ccccc3)CC2)C1=O. The Morgan fingerprint density at radius 3 is 2.41 bits per heavy atom. The molecular weight excluding hydrogens is 340 g/mol. The van der Waals surface area contributed by atoms with E-state index in [4.69, 9.17) is 0 Å². The molecule has 2 aliphatic heterocycles. The first-order valence-corrected chi connectivity index (χ1v) is 9.87. The lowest BCUT2D eigenvalue weighted by molar-refractivity contribution is -0.133. The highest BCUT2D eigenvalue weighted by Gasteiger charge is 2.56. The van der Waals surface area contributed by atoms with Gasteiger partial charge in [-0.3, -0.25) is 14.6 Å². The maximum absolute atomic E-state index is 12.7. The molecule has 2 heterocycles. The Morgan fingerprint density at radius 1 is 1.07 bits per heavy atom. The monoisotopic (exact) mass is 368 g/mol. The molecule has 3 aliphatic rings. The van der Waals surface area contributed by atoms with Crippen molar-refractivity contribution < 1.29 is 9.59 Å². The van der Waals surface area contributed by atoms with E-state index in [9.17, 15) is 9.59 Å². The van der Waals surface area contributed by atoms with Crippen LogP contribution in [0.25, 0.3) is 6.08 Å². The molecule has 1 aliphatic carbocycles. The molecule has 2 saturated heterocycles. The van der Waals surface area contributed by atoms with E-state index in [0.29, 0.717) is 12.6 Å². The van der Waals surface area contributed by atoms with Gasteiger partial charge in [-0.15, -0.1) is 0 Å². The number of hydrogen-bond donors (Lipinski definition) is 1. The largest absolute Gasteiger partial charge is 0.326 e. The average molecular weight is 368 g/mol. The van der Waals surface area contributed by atoms with Crippen molar-refractivity contribution in [1.29, 1.82) is 0 Å². The molecule has 0 unspecified atom stereocenters. The lowest BCUT2D eigenvalue weighted by Crippen LogP contribution is -2.52.